The highest BCUT2D eigenvalue weighted by Gasteiger charge is 2.19. The molecule has 1 amide bonds. The van der Waals surface area contributed by atoms with Gasteiger partial charge in [-0.3, -0.25) is 4.79 Å². The van der Waals surface area contributed by atoms with Gasteiger partial charge in [0, 0.05) is 19.2 Å². The molecule has 0 spiro atoms. The quantitative estimate of drug-likeness (QED) is 0.493. The molecule has 0 fully saturated rings. The average Bonchev–Trinajstić information content (AvgIpc) is 2.33. The number of nitrogen functional groups attached to an aromatic ring is 1. The summed E-state index contributed by atoms with van der Waals surface area (Å²) in [6, 6.07) is -1.02. The van der Waals surface area contributed by atoms with Crippen LogP contribution in [0.25, 0.3) is 0 Å². The van der Waals surface area contributed by atoms with Crippen LogP contribution in [0.5, 0.6) is 0 Å². The van der Waals surface area contributed by atoms with Crippen molar-refractivity contribution in [3.05, 3.63) is 0 Å². The molecule has 10 heteroatoms. The molecule has 0 aliphatic rings. The first-order chi connectivity index (χ1) is 9.42. The maximum Gasteiger partial charge on any atom is 0.327 e. The number of rotatable bonds is 7. The Labute approximate surface area is 119 Å². The zero-order valence-corrected chi connectivity index (χ0v) is 11.9. The Hall–Kier alpha value is -2.10. The van der Waals surface area contributed by atoms with Gasteiger partial charge in [0.1, 0.15) is 6.04 Å². The minimum atomic E-state index is -1.12. The smallest absolute Gasteiger partial charge is 0.327 e. The highest BCUT2D eigenvalue weighted by atomic mass is 32.2. The van der Waals surface area contributed by atoms with Crippen molar-refractivity contribution in [1.29, 1.82) is 0 Å². The first kappa shape index (κ1) is 16.0. The van der Waals surface area contributed by atoms with Crippen LogP contribution in [0.15, 0.2) is 5.16 Å². The second kappa shape index (κ2) is 7.48. The number of aromatic nitrogens is 3. The number of anilines is 2. The Balaban J connectivity index is 2.72. The molecule has 1 aromatic heterocycles. The van der Waals surface area contributed by atoms with Gasteiger partial charge in [-0.2, -0.15) is 15.0 Å². The highest BCUT2D eigenvalue weighted by Crippen LogP contribution is 2.16. The number of hydrogen-bond donors (Lipinski definition) is 4. The molecule has 0 unspecified atom stereocenters. The fourth-order valence-corrected chi connectivity index (χ4v) is 2.10. The zero-order valence-electron chi connectivity index (χ0n) is 11.1. The summed E-state index contributed by atoms with van der Waals surface area (Å²) in [5.41, 5.74) is 5.53. The summed E-state index contributed by atoms with van der Waals surface area (Å²) in [7, 11) is 0. The van der Waals surface area contributed by atoms with Gasteiger partial charge < -0.3 is 21.5 Å². The van der Waals surface area contributed by atoms with Gasteiger partial charge in [-0.1, -0.05) is 11.8 Å². The molecule has 1 rings (SSSR count). The average molecular weight is 300 g/mol. The van der Waals surface area contributed by atoms with E-state index in [4.69, 9.17) is 10.8 Å². The van der Waals surface area contributed by atoms with Gasteiger partial charge in [0.25, 0.3) is 0 Å². The van der Waals surface area contributed by atoms with Crippen molar-refractivity contribution in [1.82, 2.24) is 20.3 Å². The predicted octanol–water partition coefficient (Wildman–Crippen LogP) is -0.433. The number of amides is 1. The van der Waals surface area contributed by atoms with E-state index in [1.54, 1.807) is 0 Å². The van der Waals surface area contributed by atoms with E-state index in [0.29, 0.717) is 17.6 Å². The van der Waals surface area contributed by atoms with E-state index in [0.717, 1.165) is 11.8 Å². The normalized spacial score (nSPS) is 11.7. The molecule has 1 atom stereocenters. The first-order valence-electron chi connectivity index (χ1n) is 5.80. The van der Waals surface area contributed by atoms with Crippen LogP contribution in [0.3, 0.4) is 0 Å². The molecule has 9 nitrogen and oxygen atoms in total. The number of carboxylic acids is 1. The van der Waals surface area contributed by atoms with Crippen molar-refractivity contribution in [2.24, 2.45) is 0 Å². The fraction of sp³-hybridized carbons (Fsp3) is 0.500. The molecule has 0 aliphatic carbocycles. The molecule has 5 N–H and O–H groups in total. The molecule has 1 aromatic rings. The summed E-state index contributed by atoms with van der Waals surface area (Å²) in [5.74, 6) is -1.08. The molecule has 0 radical (unpaired) electrons. The summed E-state index contributed by atoms with van der Waals surface area (Å²) in [6.07, 6.45) is 0. The minimum absolute atomic E-state index is 0.0462. The third kappa shape index (κ3) is 5.26. The van der Waals surface area contributed by atoms with E-state index in [-0.39, 0.29) is 11.7 Å². The van der Waals surface area contributed by atoms with Crippen LogP contribution in [-0.4, -0.2) is 50.3 Å². The molecule has 1 heterocycles. The lowest BCUT2D eigenvalue weighted by Gasteiger charge is -2.12. The van der Waals surface area contributed by atoms with Crippen molar-refractivity contribution in [3.63, 3.8) is 0 Å². The Kier molecular flexibility index (Phi) is 5.97. The van der Waals surface area contributed by atoms with Crippen molar-refractivity contribution >= 4 is 35.5 Å². The summed E-state index contributed by atoms with van der Waals surface area (Å²) >= 11 is 1.08. The Morgan fingerprint density at radius 1 is 1.40 bits per heavy atom. The second-order valence-electron chi connectivity index (χ2n) is 3.73. The van der Waals surface area contributed by atoms with E-state index in [9.17, 15) is 9.59 Å². The lowest BCUT2D eigenvalue weighted by Crippen LogP contribution is -2.41. The van der Waals surface area contributed by atoms with Gasteiger partial charge in [-0.25, -0.2) is 4.79 Å². The molecule has 0 bridgehead atoms. The Morgan fingerprint density at radius 3 is 2.65 bits per heavy atom. The molecule has 110 valence electrons. The van der Waals surface area contributed by atoms with Crippen molar-refractivity contribution in [3.8, 4) is 0 Å². The van der Waals surface area contributed by atoms with Gasteiger partial charge in [0.2, 0.25) is 17.8 Å². The molecular weight excluding hydrogens is 284 g/mol. The van der Waals surface area contributed by atoms with Crippen LogP contribution in [0, 0.1) is 0 Å². The number of carboxylic acid groups (broad SMARTS) is 1. The van der Waals surface area contributed by atoms with E-state index in [1.165, 1.54) is 6.92 Å². The summed E-state index contributed by atoms with van der Waals surface area (Å²) in [5, 5.41) is 14.5. The number of carbonyl (C=O) groups excluding carboxylic acids is 1. The number of aliphatic carboxylic acids is 1. The maximum atomic E-state index is 11.0. The first-order valence-corrected chi connectivity index (χ1v) is 6.79. The third-order valence-electron chi connectivity index (χ3n) is 2.02. The SMILES string of the molecule is CCNc1nc(N)nc(SC[C@H](NC(C)=O)C(=O)O)n1. The third-order valence-corrected chi connectivity index (χ3v) is 2.96. The van der Waals surface area contributed by atoms with Crippen molar-refractivity contribution < 1.29 is 14.7 Å². The number of nitrogens with two attached hydrogens (primary N) is 1. The summed E-state index contributed by atoms with van der Waals surface area (Å²) < 4.78 is 0. The molecular formula is C10H16N6O3S. The zero-order chi connectivity index (χ0) is 15.1. The minimum Gasteiger partial charge on any atom is -0.480 e. The van der Waals surface area contributed by atoms with Crippen LogP contribution in [0.1, 0.15) is 13.8 Å². The number of carbonyl (C=O) groups is 2. The van der Waals surface area contributed by atoms with E-state index in [1.807, 2.05) is 6.92 Å². The number of nitrogens with one attached hydrogen (secondary N) is 2. The summed E-state index contributed by atoms with van der Waals surface area (Å²) in [4.78, 5) is 33.7. The lowest BCUT2D eigenvalue weighted by atomic mass is 10.3. The topological polar surface area (TPSA) is 143 Å². The van der Waals surface area contributed by atoms with Gasteiger partial charge in [0.15, 0.2) is 5.16 Å². The van der Waals surface area contributed by atoms with Gasteiger partial charge in [0.05, 0.1) is 0 Å². The van der Waals surface area contributed by atoms with Crippen LogP contribution in [0.4, 0.5) is 11.9 Å². The highest BCUT2D eigenvalue weighted by molar-refractivity contribution is 7.99. The number of nitrogens with zero attached hydrogens (tertiary/aromatic N) is 3. The predicted molar refractivity (Wildman–Crippen MR) is 74.4 cm³/mol. The molecule has 0 saturated carbocycles. The Morgan fingerprint density at radius 2 is 2.10 bits per heavy atom. The van der Waals surface area contributed by atoms with Gasteiger partial charge >= 0.3 is 5.97 Å². The number of hydrogen-bond acceptors (Lipinski definition) is 8. The molecule has 20 heavy (non-hydrogen) atoms. The van der Waals surface area contributed by atoms with Crippen LogP contribution >= 0.6 is 11.8 Å². The second-order valence-corrected chi connectivity index (χ2v) is 4.72. The van der Waals surface area contributed by atoms with Gasteiger partial charge in [-0.15, -0.1) is 0 Å². The largest absolute Gasteiger partial charge is 0.480 e. The van der Waals surface area contributed by atoms with Crippen LogP contribution in [-0.2, 0) is 9.59 Å². The van der Waals surface area contributed by atoms with Crippen LogP contribution in [0.2, 0.25) is 0 Å². The summed E-state index contributed by atoms with van der Waals surface area (Å²) in [6.45, 7) is 3.76. The van der Waals surface area contributed by atoms with E-state index in [2.05, 4.69) is 25.6 Å². The van der Waals surface area contributed by atoms with Crippen LogP contribution < -0.4 is 16.4 Å². The lowest BCUT2D eigenvalue weighted by molar-refractivity contribution is -0.140. The van der Waals surface area contributed by atoms with Crippen molar-refractivity contribution in [2.45, 2.75) is 25.0 Å². The monoisotopic (exact) mass is 300 g/mol. The van der Waals surface area contributed by atoms with E-state index >= 15 is 0 Å². The Bertz CT molecular complexity index is 498. The fourth-order valence-electron chi connectivity index (χ4n) is 1.25. The van der Waals surface area contributed by atoms with Gasteiger partial charge in [-0.05, 0) is 6.92 Å². The molecule has 0 aromatic carbocycles. The maximum absolute atomic E-state index is 11.0. The standard InChI is InChI=1S/C10H16N6O3S/c1-3-12-9-14-8(11)15-10(16-9)20-4-6(7(18)19)13-5(2)17/h6H,3-4H2,1-2H3,(H,13,17)(H,18,19)(H3,11,12,14,15,16)/t6-/m0/s1. The van der Waals surface area contributed by atoms with Crippen molar-refractivity contribution in [2.75, 3.05) is 23.3 Å². The van der Waals surface area contributed by atoms with E-state index < -0.39 is 17.9 Å². The molecule has 0 saturated heterocycles. The molecule has 0 aliphatic heterocycles. The number of thioether (sulfide) groups is 1.